The van der Waals surface area contributed by atoms with Gasteiger partial charge in [0.1, 0.15) is 0 Å². The molecule has 0 saturated carbocycles. The molecule has 0 saturated heterocycles. The van der Waals surface area contributed by atoms with Gasteiger partial charge in [-0.2, -0.15) is 0 Å². The van der Waals surface area contributed by atoms with Gasteiger partial charge in [-0.1, -0.05) is 86.4 Å². The van der Waals surface area contributed by atoms with Crippen LogP contribution in [0.3, 0.4) is 0 Å². The van der Waals surface area contributed by atoms with Crippen molar-refractivity contribution in [1.82, 2.24) is 0 Å². The Morgan fingerprint density at radius 3 is 2.25 bits per heavy atom. The highest BCUT2D eigenvalue weighted by Gasteiger charge is 2.10. The number of rotatable bonds is 10. The summed E-state index contributed by atoms with van der Waals surface area (Å²) in [7, 11) is 0. The summed E-state index contributed by atoms with van der Waals surface area (Å²) in [5, 5.41) is 0. The van der Waals surface area contributed by atoms with Gasteiger partial charge in [0.15, 0.2) is 0 Å². The molecule has 2 heteroatoms. The lowest BCUT2D eigenvalue weighted by Gasteiger charge is -2.15. The molecule has 1 aromatic carbocycles. The average Bonchev–Trinajstić information content (AvgIpc) is 2.44. The third-order valence-corrected chi connectivity index (χ3v) is 4.94. The van der Waals surface area contributed by atoms with Crippen LogP contribution < -0.4 is 5.73 Å². The second kappa shape index (κ2) is 10.4. The first kappa shape index (κ1) is 17.7. The van der Waals surface area contributed by atoms with Gasteiger partial charge < -0.3 is 5.73 Å². The molecule has 0 aliphatic carbocycles. The predicted octanol–water partition coefficient (Wildman–Crippen LogP) is 6.29. The summed E-state index contributed by atoms with van der Waals surface area (Å²) in [6.07, 6.45) is 12.0. The van der Waals surface area contributed by atoms with E-state index < -0.39 is 0 Å². The molecule has 1 atom stereocenters. The highest BCUT2D eigenvalue weighted by molar-refractivity contribution is 9.10. The maximum Gasteiger partial charge on any atom is 0.0297 e. The van der Waals surface area contributed by atoms with Crippen molar-refractivity contribution in [3.05, 3.63) is 33.8 Å². The zero-order valence-electron chi connectivity index (χ0n) is 13.1. The second-order valence-corrected chi connectivity index (χ2v) is 6.68. The zero-order valence-corrected chi connectivity index (χ0v) is 14.7. The van der Waals surface area contributed by atoms with Crippen LogP contribution in [0.25, 0.3) is 0 Å². The van der Waals surface area contributed by atoms with Crippen LogP contribution in [0.4, 0.5) is 0 Å². The minimum Gasteiger partial charge on any atom is -0.324 e. The summed E-state index contributed by atoms with van der Waals surface area (Å²) in [4.78, 5) is 0. The molecule has 0 spiro atoms. The van der Waals surface area contributed by atoms with E-state index in [1.807, 2.05) is 0 Å². The Kier molecular flexibility index (Phi) is 9.21. The largest absolute Gasteiger partial charge is 0.324 e. The minimum atomic E-state index is 0.188. The average molecular weight is 340 g/mol. The van der Waals surface area contributed by atoms with Crippen LogP contribution in [0.2, 0.25) is 0 Å². The van der Waals surface area contributed by atoms with Crippen molar-refractivity contribution < 1.29 is 0 Å². The molecule has 1 aromatic rings. The monoisotopic (exact) mass is 339 g/mol. The Morgan fingerprint density at radius 1 is 1.00 bits per heavy atom. The molecule has 0 heterocycles. The first-order valence-corrected chi connectivity index (χ1v) is 8.96. The highest BCUT2D eigenvalue weighted by atomic mass is 79.9. The lowest BCUT2D eigenvalue weighted by molar-refractivity contribution is 0.535. The van der Waals surface area contributed by atoms with Gasteiger partial charge in [-0.25, -0.2) is 0 Å². The lowest BCUT2D eigenvalue weighted by Crippen LogP contribution is -2.11. The maximum absolute atomic E-state index is 6.32. The molecule has 0 aliphatic rings. The molecule has 20 heavy (non-hydrogen) atoms. The molecule has 0 fully saturated rings. The van der Waals surface area contributed by atoms with Crippen LogP contribution in [-0.2, 0) is 0 Å². The molecular formula is C18H30BrN. The minimum absolute atomic E-state index is 0.188. The number of benzene rings is 1. The molecule has 0 aromatic heterocycles. The summed E-state index contributed by atoms with van der Waals surface area (Å²) in [5.41, 5.74) is 8.91. The SMILES string of the molecule is CCCCCCCCCCC(N)c1cccc(Br)c1C. The summed E-state index contributed by atoms with van der Waals surface area (Å²) < 4.78 is 1.17. The van der Waals surface area contributed by atoms with E-state index in [2.05, 4.69) is 48.0 Å². The van der Waals surface area contributed by atoms with E-state index in [0.29, 0.717) is 0 Å². The molecule has 0 amide bonds. The van der Waals surface area contributed by atoms with Gasteiger partial charge in [0.25, 0.3) is 0 Å². The van der Waals surface area contributed by atoms with Crippen molar-refractivity contribution in [2.75, 3.05) is 0 Å². The summed E-state index contributed by atoms with van der Waals surface area (Å²) in [6.45, 7) is 4.41. The summed E-state index contributed by atoms with van der Waals surface area (Å²) >= 11 is 3.58. The van der Waals surface area contributed by atoms with Gasteiger partial charge in [-0.15, -0.1) is 0 Å². The normalized spacial score (nSPS) is 12.6. The Morgan fingerprint density at radius 2 is 1.60 bits per heavy atom. The number of nitrogens with two attached hydrogens (primary N) is 1. The Hall–Kier alpha value is -0.340. The fourth-order valence-corrected chi connectivity index (χ4v) is 3.06. The second-order valence-electron chi connectivity index (χ2n) is 5.82. The fraction of sp³-hybridized carbons (Fsp3) is 0.667. The van der Waals surface area contributed by atoms with Crippen molar-refractivity contribution in [2.45, 2.75) is 77.7 Å². The van der Waals surface area contributed by atoms with Crippen molar-refractivity contribution in [3.8, 4) is 0 Å². The maximum atomic E-state index is 6.32. The Labute approximate surface area is 133 Å². The van der Waals surface area contributed by atoms with Gasteiger partial charge >= 0.3 is 0 Å². The van der Waals surface area contributed by atoms with E-state index in [4.69, 9.17) is 5.73 Å². The van der Waals surface area contributed by atoms with Gasteiger partial charge in [0.05, 0.1) is 0 Å². The van der Waals surface area contributed by atoms with Crippen molar-refractivity contribution >= 4 is 15.9 Å². The smallest absolute Gasteiger partial charge is 0.0297 e. The van der Waals surface area contributed by atoms with Crippen LogP contribution in [0.1, 0.15) is 81.9 Å². The highest BCUT2D eigenvalue weighted by Crippen LogP contribution is 2.26. The molecular weight excluding hydrogens is 310 g/mol. The van der Waals surface area contributed by atoms with Crippen molar-refractivity contribution in [1.29, 1.82) is 0 Å². The van der Waals surface area contributed by atoms with Gasteiger partial charge in [-0.3, -0.25) is 0 Å². The number of halogens is 1. The molecule has 1 nitrogen and oxygen atoms in total. The predicted molar refractivity (Wildman–Crippen MR) is 93.0 cm³/mol. The van der Waals surface area contributed by atoms with Crippen LogP contribution in [-0.4, -0.2) is 0 Å². The van der Waals surface area contributed by atoms with E-state index in [0.717, 1.165) is 6.42 Å². The van der Waals surface area contributed by atoms with E-state index in [9.17, 15) is 0 Å². The van der Waals surface area contributed by atoms with Gasteiger partial charge in [0.2, 0.25) is 0 Å². The van der Waals surface area contributed by atoms with Crippen LogP contribution in [0, 0.1) is 6.92 Å². The molecule has 0 aliphatic heterocycles. The van der Waals surface area contributed by atoms with Crippen LogP contribution >= 0.6 is 15.9 Å². The first-order chi connectivity index (χ1) is 9.66. The quantitative estimate of drug-likeness (QED) is 0.498. The van der Waals surface area contributed by atoms with Crippen molar-refractivity contribution in [2.24, 2.45) is 5.73 Å². The third-order valence-electron chi connectivity index (χ3n) is 4.08. The van der Waals surface area contributed by atoms with E-state index in [1.165, 1.54) is 67.0 Å². The van der Waals surface area contributed by atoms with E-state index >= 15 is 0 Å². The van der Waals surface area contributed by atoms with Crippen LogP contribution in [0.5, 0.6) is 0 Å². The Balaban J connectivity index is 2.17. The molecule has 0 bridgehead atoms. The summed E-state index contributed by atoms with van der Waals surface area (Å²) in [6, 6.07) is 6.52. The third kappa shape index (κ3) is 6.41. The number of unbranched alkanes of at least 4 members (excludes halogenated alkanes) is 7. The molecule has 1 unspecified atom stereocenters. The molecule has 0 radical (unpaired) electrons. The molecule has 114 valence electrons. The standard InChI is InChI=1S/C18H30BrN/c1-3-4-5-6-7-8-9-10-14-18(20)16-12-11-13-17(19)15(16)2/h11-13,18H,3-10,14,20H2,1-2H3. The van der Waals surface area contributed by atoms with E-state index in [-0.39, 0.29) is 6.04 Å². The number of hydrogen-bond donors (Lipinski definition) is 1. The van der Waals surface area contributed by atoms with Gasteiger partial charge in [-0.05, 0) is 30.5 Å². The lowest BCUT2D eigenvalue weighted by atomic mass is 9.97. The molecule has 1 rings (SSSR count). The van der Waals surface area contributed by atoms with Crippen LogP contribution in [0.15, 0.2) is 22.7 Å². The summed E-state index contributed by atoms with van der Waals surface area (Å²) in [5.74, 6) is 0. The van der Waals surface area contributed by atoms with Gasteiger partial charge in [0, 0.05) is 10.5 Å². The first-order valence-electron chi connectivity index (χ1n) is 8.17. The molecule has 2 N–H and O–H groups in total. The fourth-order valence-electron chi connectivity index (χ4n) is 2.68. The Bertz CT molecular complexity index is 376. The van der Waals surface area contributed by atoms with Crippen molar-refractivity contribution in [3.63, 3.8) is 0 Å². The topological polar surface area (TPSA) is 26.0 Å². The van der Waals surface area contributed by atoms with E-state index in [1.54, 1.807) is 0 Å². The number of hydrogen-bond acceptors (Lipinski definition) is 1. The zero-order chi connectivity index (χ0) is 14.8.